The normalized spacial score (nSPS) is 11.7. The SMILES string of the molecule is Cc1cc(C)cc(S(=O)(=O)NCCn2nc(-n3nc(C)cc3C)ccc2=O)c1. The highest BCUT2D eigenvalue weighted by molar-refractivity contribution is 7.89. The fraction of sp³-hybridized carbons (Fsp3) is 0.316. The smallest absolute Gasteiger partial charge is 0.266 e. The second-order valence-corrected chi connectivity index (χ2v) is 8.58. The molecule has 0 fully saturated rings. The van der Waals surface area contributed by atoms with Gasteiger partial charge in [-0.05, 0) is 63.1 Å². The molecule has 3 aromatic rings. The number of sulfonamides is 1. The Balaban J connectivity index is 1.77. The predicted octanol–water partition coefficient (Wildman–Crippen LogP) is 1.64. The molecule has 0 bridgehead atoms. The number of rotatable bonds is 6. The minimum absolute atomic E-state index is 0.0444. The van der Waals surface area contributed by atoms with Gasteiger partial charge in [-0.3, -0.25) is 4.79 Å². The van der Waals surface area contributed by atoms with Gasteiger partial charge in [-0.2, -0.15) is 5.10 Å². The molecular formula is C19H23N5O3S. The van der Waals surface area contributed by atoms with E-state index in [0.29, 0.717) is 5.82 Å². The molecule has 2 aromatic heterocycles. The van der Waals surface area contributed by atoms with Crippen molar-refractivity contribution in [1.29, 1.82) is 0 Å². The van der Waals surface area contributed by atoms with Crippen LogP contribution in [0, 0.1) is 27.7 Å². The monoisotopic (exact) mass is 401 g/mol. The van der Waals surface area contributed by atoms with E-state index in [1.807, 2.05) is 39.8 Å². The zero-order valence-corrected chi connectivity index (χ0v) is 17.1. The third-order valence-electron chi connectivity index (χ3n) is 4.20. The van der Waals surface area contributed by atoms with E-state index < -0.39 is 10.0 Å². The Hall–Kier alpha value is -2.78. The highest BCUT2D eigenvalue weighted by atomic mass is 32.2. The van der Waals surface area contributed by atoms with Crippen molar-refractivity contribution in [2.24, 2.45) is 0 Å². The molecule has 0 aliphatic heterocycles. The molecule has 0 radical (unpaired) electrons. The maximum absolute atomic E-state index is 12.5. The summed E-state index contributed by atoms with van der Waals surface area (Å²) in [5.41, 5.74) is 3.17. The highest BCUT2D eigenvalue weighted by Crippen LogP contribution is 2.14. The number of hydrogen-bond donors (Lipinski definition) is 1. The van der Waals surface area contributed by atoms with Crippen molar-refractivity contribution in [2.45, 2.75) is 39.1 Å². The molecule has 0 spiro atoms. The maximum atomic E-state index is 12.5. The van der Waals surface area contributed by atoms with E-state index in [-0.39, 0.29) is 23.5 Å². The first-order valence-electron chi connectivity index (χ1n) is 8.85. The van der Waals surface area contributed by atoms with E-state index in [4.69, 9.17) is 0 Å². The highest BCUT2D eigenvalue weighted by Gasteiger charge is 2.15. The Morgan fingerprint density at radius 1 is 0.964 bits per heavy atom. The molecule has 28 heavy (non-hydrogen) atoms. The van der Waals surface area contributed by atoms with Gasteiger partial charge in [-0.25, -0.2) is 22.5 Å². The standard InChI is InChI=1S/C19H23N5O3S/c1-13-9-14(2)11-17(10-13)28(26,27)20-7-8-23-19(25)6-5-18(22-23)24-16(4)12-15(3)21-24/h5-6,9-12,20H,7-8H2,1-4H3. The van der Waals surface area contributed by atoms with E-state index >= 15 is 0 Å². The zero-order chi connectivity index (χ0) is 20.5. The van der Waals surface area contributed by atoms with Crippen LogP contribution in [0.5, 0.6) is 0 Å². The summed E-state index contributed by atoms with van der Waals surface area (Å²) >= 11 is 0. The number of aryl methyl sites for hydroxylation is 4. The largest absolute Gasteiger partial charge is 0.268 e. The summed E-state index contributed by atoms with van der Waals surface area (Å²) in [5, 5.41) is 8.66. The lowest BCUT2D eigenvalue weighted by Gasteiger charge is -2.10. The van der Waals surface area contributed by atoms with Gasteiger partial charge < -0.3 is 0 Å². The Bertz CT molecular complexity index is 1160. The van der Waals surface area contributed by atoms with Crippen molar-refractivity contribution < 1.29 is 8.42 Å². The predicted molar refractivity (Wildman–Crippen MR) is 106 cm³/mol. The first-order valence-corrected chi connectivity index (χ1v) is 10.3. The van der Waals surface area contributed by atoms with E-state index in [1.54, 1.807) is 22.9 Å². The molecule has 0 amide bonds. The van der Waals surface area contributed by atoms with Gasteiger partial charge in [0.1, 0.15) is 0 Å². The summed E-state index contributed by atoms with van der Waals surface area (Å²) < 4.78 is 30.4. The lowest BCUT2D eigenvalue weighted by atomic mass is 10.2. The third-order valence-corrected chi connectivity index (χ3v) is 5.64. The Kier molecular flexibility index (Phi) is 5.48. The lowest BCUT2D eigenvalue weighted by Crippen LogP contribution is -2.32. The molecule has 148 valence electrons. The van der Waals surface area contributed by atoms with Gasteiger partial charge in [-0.1, -0.05) is 6.07 Å². The van der Waals surface area contributed by atoms with Crippen LogP contribution in [0.4, 0.5) is 0 Å². The lowest BCUT2D eigenvalue weighted by molar-refractivity contribution is 0.541. The average molecular weight is 401 g/mol. The molecule has 0 aliphatic rings. The average Bonchev–Trinajstić information content (AvgIpc) is 2.94. The van der Waals surface area contributed by atoms with Crippen molar-refractivity contribution in [3.8, 4) is 5.82 Å². The van der Waals surface area contributed by atoms with Crippen LogP contribution < -0.4 is 10.3 Å². The maximum Gasteiger partial charge on any atom is 0.266 e. The van der Waals surface area contributed by atoms with Crippen LogP contribution >= 0.6 is 0 Å². The minimum Gasteiger partial charge on any atom is -0.268 e. The van der Waals surface area contributed by atoms with Crippen molar-refractivity contribution in [2.75, 3.05) is 6.54 Å². The molecule has 3 rings (SSSR count). The Morgan fingerprint density at radius 2 is 1.64 bits per heavy atom. The summed E-state index contributed by atoms with van der Waals surface area (Å²) in [6, 6.07) is 10.0. The quantitative estimate of drug-likeness (QED) is 0.677. The summed E-state index contributed by atoms with van der Waals surface area (Å²) in [7, 11) is -3.66. The van der Waals surface area contributed by atoms with E-state index in [2.05, 4.69) is 14.9 Å². The van der Waals surface area contributed by atoms with Crippen LogP contribution in [-0.4, -0.2) is 34.5 Å². The number of nitrogens with one attached hydrogen (secondary N) is 1. The second kappa shape index (κ2) is 7.69. The molecule has 0 unspecified atom stereocenters. The van der Waals surface area contributed by atoms with Crippen LogP contribution in [0.25, 0.3) is 5.82 Å². The number of hydrogen-bond acceptors (Lipinski definition) is 5. The molecule has 0 aliphatic carbocycles. The molecule has 0 atom stereocenters. The van der Waals surface area contributed by atoms with E-state index in [0.717, 1.165) is 22.5 Å². The van der Waals surface area contributed by atoms with Crippen molar-refractivity contribution in [1.82, 2.24) is 24.3 Å². The van der Waals surface area contributed by atoms with Crippen LogP contribution in [0.3, 0.4) is 0 Å². The van der Waals surface area contributed by atoms with Gasteiger partial charge >= 0.3 is 0 Å². The first-order chi connectivity index (χ1) is 13.2. The number of nitrogens with zero attached hydrogens (tertiary/aromatic N) is 4. The van der Waals surface area contributed by atoms with Gasteiger partial charge in [0.25, 0.3) is 5.56 Å². The van der Waals surface area contributed by atoms with Crippen LogP contribution in [0.15, 0.2) is 46.1 Å². The molecule has 0 saturated heterocycles. The van der Waals surface area contributed by atoms with Crippen molar-refractivity contribution >= 4 is 10.0 Å². The molecule has 0 saturated carbocycles. The fourth-order valence-electron chi connectivity index (χ4n) is 3.03. The van der Waals surface area contributed by atoms with Crippen LogP contribution in [0.2, 0.25) is 0 Å². The molecule has 1 aromatic carbocycles. The minimum atomic E-state index is -3.66. The van der Waals surface area contributed by atoms with Gasteiger partial charge in [0.15, 0.2) is 5.82 Å². The van der Waals surface area contributed by atoms with Crippen molar-refractivity contribution in [3.05, 3.63) is 69.3 Å². The molecule has 2 heterocycles. The molecule has 9 heteroatoms. The van der Waals surface area contributed by atoms with Gasteiger partial charge in [0.2, 0.25) is 10.0 Å². The zero-order valence-electron chi connectivity index (χ0n) is 16.3. The Morgan fingerprint density at radius 3 is 2.25 bits per heavy atom. The van der Waals surface area contributed by atoms with E-state index in [1.165, 1.54) is 10.7 Å². The van der Waals surface area contributed by atoms with Gasteiger partial charge in [0.05, 0.1) is 17.1 Å². The van der Waals surface area contributed by atoms with Crippen molar-refractivity contribution in [3.63, 3.8) is 0 Å². The van der Waals surface area contributed by atoms with Crippen LogP contribution in [-0.2, 0) is 16.6 Å². The summed E-state index contributed by atoms with van der Waals surface area (Å²) in [6.07, 6.45) is 0. The number of benzene rings is 1. The topological polar surface area (TPSA) is 98.9 Å². The first kappa shape index (κ1) is 20.0. The fourth-order valence-corrected chi connectivity index (χ4v) is 4.24. The summed E-state index contributed by atoms with van der Waals surface area (Å²) in [4.78, 5) is 12.3. The molecule has 1 N–H and O–H groups in total. The second-order valence-electron chi connectivity index (χ2n) is 6.81. The summed E-state index contributed by atoms with van der Waals surface area (Å²) in [5.74, 6) is 0.502. The van der Waals surface area contributed by atoms with Crippen LogP contribution in [0.1, 0.15) is 22.5 Å². The molecule has 8 nitrogen and oxygen atoms in total. The third kappa shape index (κ3) is 4.37. The van der Waals surface area contributed by atoms with Gasteiger partial charge in [0, 0.05) is 18.3 Å². The number of aromatic nitrogens is 4. The van der Waals surface area contributed by atoms with E-state index in [9.17, 15) is 13.2 Å². The summed E-state index contributed by atoms with van der Waals surface area (Å²) in [6.45, 7) is 7.62. The molecular weight excluding hydrogens is 378 g/mol. The van der Waals surface area contributed by atoms with Gasteiger partial charge in [-0.15, -0.1) is 5.10 Å². The Labute approximate surface area is 163 Å².